The third-order valence-corrected chi connectivity index (χ3v) is 2.32. The van der Waals surface area contributed by atoms with Gasteiger partial charge in [0.2, 0.25) is 0 Å². The maximum absolute atomic E-state index is 9.74. The molecule has 2 atom stereocenters. The molecule has 0 aromatic rings. The van der Waals surface area contributed by atoms with Crippen molar-refractivity contribution in [2.24, 2.45) is 11.8 Å². The van der Waals surface area contributed by atoms with E-state index >= 15 is 0 Å². The quantitative estimate of drug-likeness (QED) is 0.608. The third kappa shape index (κ3) is 3.91. The van der Waals surface area contributed by atoms with Gasteiger partial charge in [-0.2, -0.15) is 0 Å². The summed E-state index contributed by atoms with van der Waals surface area (Å²) >= 11 is 0. The summed E-state index contributed by atoms with van der Waals surface area (Å²) in [5.74, 6) is 0.620. The predicted molar refractivity (Wildman–Crippen MR) is 54.1 cm³/mol. The van der Waals surface area contributed by atoms with Crippen LogP contribution >= 0.6 is 0 Å². The third-order valence-electron chi connectivity index (χ3n) is 2.32. The molecular formula is C11H22O. The zero-order valence-electron chi connectivity index (χ0n) is 8.59. The lowest BCUT2D eigenvalue weighted by Gasteiger charge is -2.22. The normalized spacial score (nSPS) is 16.1. The molecule has 0 rings (SSSR count). The molecule has 12 heavy (non-hydrogen) atoms. The minimum absolute atomic E-state index is 0.214. The van der Waals surface area contributed by atoms with E-state index in [-0.39, 0.29) is 12.0 Å². The van der Waals surface area contributed by atoms with Crippen LogP contribution in [0.5, 0.6) is 0 Å². The lowest BCUT2D eigenvalue weighted by atomic mass is 9.89. The fourth-order valence-corrected chi connectivity index (χ4v) is 1.36. The van der Waals surface area contributed by atoms with Gasteiger partial charge in [-0.15, -0.1) is 6.58 Å². The highest BCUT2D eigenvalue weighted by atomic mass is 16.3. The summed E-state index contributed by atoms with van der Waals surface area (Å²) in [6, 6.07) is 0. The van der Waals surface area contributed by atoms with E-state index in [4.69, 9.17) is 0 Å². The van der Waals surface area contributed by atoms with Crippen molar-refractivity contribution in [1.82, 2.24) is 0 Å². The van der Waals surface area contributed by atoms with Crippen molar-refractivity contribution in [2.75, 3.05) is 0 Å². The molecule has 1 nitrogen and oxygen atoms in total. The highest BCUT2D eigenvalue weighted by Crippen LogP contribution is 2.19. The van der Waals surface area contributed by atoms with E-state index < -0.39 is 0 Å². The fraction of sp³-hybridized carbons (Fsp3) is 0.818. The van der Waals surface area contributed by atoms with E-state index in [2.05, 4.69) is 13.5 Å². The van der Waals surface area contributed by atoms with Crippen molar-refractivity contribution in [3.05, 3.63) is 12.7 Å². The zero-order chi connectivity index (χ0) is 9.56. The van der Waals surface area contributed by atoms with Crippen molar-refractivity contribution in [1.29, 1.82) is 0 Å². The van der Waals surface area contributed by atoms with Crippen LogP contribution in [0, 0.1) is 11.8 Å². The Kier molecular flexibility index (Phi) is 6.09. The van der Waals surface area contributed by atoms with Crippen LogP contribution in [0.15, 0.2) is 12.7 Å². The van der Waals surface area contributed by atoms with E-state index in [9.17, 15) is 5.11 Å². The molecule has 0 aliphatic rings. The summed E-state index contributed by atoms with van der Waals surface area (Å²) in [7, 11) is 0. The van der Waals surface area contributed by atoms with Crippen LogP contribution in [-0.2, 0) is 0 Å². The first-order chi connectivity index (χ1) is 5.63. The van der Waals surface area contributed by atoms with E-state index in [1.807, 2.05) is 19.9 Å². The standard InChI is InChI=1S/C11H22O/c1-5-7-8-10(6-2)11(12)9(3)4/h6,9-12H,2,5,7-8H2,1,3-4H3/t10-,11-/m0/s1. The molecule has 0 saturated heterocycles. The van der Waals surface area contributed by atoms with Crippen LogP contribution in [-0.4, -0.2) is 11.2 Å². The average molecular weight is 170 g/mol. The van der Waals surface area contributed by atoms with Gasteiger partial charge < -0.3 is 5.11 Å². The van der Waals surface area contributed by atoms with Gasteiger partial charge in [-0.05, 0) is 12.3 Å². The number of hydrogen-bond acceptors (Lipinski definition) is 1. The monoisotopic (exact) mass is 170 g/mol. The van der Waals surface area contributed by atoms with Gasteiger partial charge in [0.05, 0.1) is 6.10 Å². The molecule has 0 saturated carbocycles. The summed E-state index contributed by atoms with van der Waals surface area (Å²) < 4.78 is 0. The first-order valence-electron chi connectivity index (χ1n) is 4.94. The number of unbranched alkanes of at least 4 members (excludes halogenated alkanes) is 1. The van der Waals surface area contributed by atoms with E-state index in [0.29, 0.717) is 5.92 Å². The van der Waals surface area contributed by atoms with E-state index in [0.717, 1.165) is 6.42 Å². The van der Waals surface area contributed by atoms with Crippen molar-refractivity contribution < 1.29 is 5.11 Å². The van der Waals surface area contributed by atoms with Crippen LogP contribution in [0.4, 0.5) is 0 Å². The summed E-state index contributed by atoms with van der Waals surface area (Å²) in [5, 5.41) is 9.74. The first kappa shape index (κ1) is 11.7. The number of aliphatic hydroxyl groups is 1. The second kappa shape index (κ2) is 6.24. The van der Waals surface area contributed by atoms with Gasteiger partial charge in [-0.1, -0.05) is 39.7 Å². The van der Waals surface area contributed by atoms with Crippen LogP contribution in [0.1, 0.15) is 40.0 Å². The second-order valence-corrected chi connectivity index (χ2v) is 3.78. The lowest BCUT2D eigenvalue weighted by molar-refractivity contribution is 0.0797. The van der Waals surface area contributed by atoms with Gasteiger partial charge in [0, 0.05) is 5.92 Å². The van der Waals surface area contributed by atoms with Crippen LogP contribution in [0.3, 0.4) is 0 Å². The molecule has 1 heteroatoms. The molecule has 0 bridgehead atoms. The summed E-state index contributed by atoms with van der Waals surface area (Å²) in [6.07, 6.45) is 5.11. The van der Waals surface area contributed by atoms with Gasteiger partial charge in [0.1, 0.15) is 0 Å². The first-order valence-corrected chi connectivity index (χ1v) is 4.94. The zero-order valence-corrected chi connectivity index (χ0v) is 8.59. The Morgan fingerprint density at radius 2 is 2.00 bits per heavy atom. The van der Waals surface area contributed by atoms with Crippen molar-refractivity contribution >= 4 is 0 Å². The minimum atomic E-state index is -0.214. The van der Waals surface area contributed by atoms with Crippen molar-refractivity contribution in [3.63, 3.8) is 0 Å². The van der Waals surface area contributed by atoms with Gasteiger partial charge in [0.15, 0.2) is 0 Å². The Labute approximate surface area is 76.5 Å². The van der Waals surface area contributed by atoms with Crippen LogP contribution in [0.25, 0.3) is 0 Å². The number of hydrogen-bond donors (Lipinski definition) is 1. The molecule has 0 heterocycles. The molecule has 0 spiro atoms. The molecule has 0 aromatic heterocycles. The highest BCUT2D eigenvalue weighted by molar-refractivity contribution is 4.85. The summed E-state index contributed by atoms with van der Waals surface area (Å²) in [6.45, 7) is 10.0. The molecule has 1 N–H and O–H groups in total. The molecule has 0 aliphatic heterocycles. The van der Waals surface area contributed by atoms with E-state index in [1.54, 1.807) is 0 Å². The van der Waals surface area contributed by atoms with Gasteiger partial charge in [-0.3, -0.25) is 0 Å². The maximum atomic E-state index is 9.74. The highest BCUT2D eigenvalue weighted by Gasteiger charge is 2.18. The Morgan fingerprint density at radius 3 is 2.33 bits per heavy atom. The Bertz CT molecular complexity index is 118. The Hall–Kier alpha value is -0.300. The average Bonchev–Trinajstić information content (AvgIpc) is 2.05. The predicted octanol–water partition coefficient (Wildman–Crippen LogP) is 3.00. The molecule has 0 amide bonds. The summed E-state index contributed by atoms with van der Waals surface area (Å²) in [5.41, 5.74) is 0. The number of aliphatic hydroxyl groups excluding tert-OH is 1. The molecule has 0 radical (unpaired) electrons. The van der Waals surface area contributed by atoms with Gasteiger partial charge in [0.25, 0.3) is 0 Å². The SMILES string of the molecule is C=C[C@@H](CCCC)[C@@H](O)C(C)C. The largest absolute Gasteiger partial charge is 0.392 e. The fourth-order valence-electron chi connectivity index (χ4n) is 1.36. The molecule has 0 fully saturated rings. The lowest BCUT2D eigenvalue weighted by Crippen LogP contribution is -2.24. The van der Waals surface area contributed by atoms with Gasteiger partial charge >= 0.3 is 0 Å². The second-order valence-electron chi connectivity index (χ2n) is 3.78. The maximum Gasteiger partial charge on any atom is 0.0625 e. The van der Waals surface area contributed by atoms with Crippen LogP contribution in [0.2, 0.25) is 0 Å². The number of rotatable bonds is 6. The molecule has 0 aromatic carbocycles. The van der Waals surface area contributed by atoms with Crippen molar-refractivity contribution in [3.8, 4) is 0 Å². The smallest absolute Gasteiger partial charge is 0.0625 e. The topological polar surface area (TPSA) is 20.2 Å². The van der Waals surface area contributed by atoms with Gasteiger partial charge in [-0.25, -0.2) is 0 Å². The van der Waals surface area contributed by atoms with Crippen LogP contribution < -0.4 is 0 Å². The molecular weight excluding hydrogens is 148 g/mol. The molecule has 72 valence electrons. The Morgan fingerprint density at radius 1 is 1.42 bits per heavy atom. The minimum Gasteiger partial charge on any atom is -0.392 e. The molecule has 0 unspecified atom stereocenters. The Balaban J connectivity index is 3.87. The van der Waals surface area contributed by atoms with Crippen molar-refractivity contribution in [2.45, 2.75) is 46.1 Å². The summed E-state index contributed by atoms with van der Waals surface area (Å²) in [4.78, 5) is 0. The van der Waals surface area contributed by atoms with E-state index in [1.165, 1.54) is 12.8 Å². The molecule has 0 aliphatic carbocycles.